The van der Waals surface area contributed by atoms with Crippen molar-refractivity contribution < 1.29 is 14.7 Å². The second-order valence-corrected chi connectivity index (χ2v) is 6.70. The highest BCUT2D eigenvalue weighted by Gasteiger charge is 2.36. The highest BCUT2D eigenvalue weighted by molar-refractivity contribution is 7.15. The molecule has 1 saturated carbocycles. The Morgan fingerprint density at radius 3 is 2.88 bits per heavy atom. The molecule has 8 nitrogen and oxygen atoms in total. The molecule has 1 fully saturated rings. The van der Waals surface area contributed by atoms with Gasteiger partial charge in [0.2, 0.25) is 0 Å². The van der Waals surface area contributed by atoms with Gasteiger partial charge in [0.1, 0.15) is 16.8 Å². The molecule has 1 aliphatic rings. The number of carbonyl (C=O) groups is 2. The second-order valence-electron chi connectivity index (χ2n) is 5.61. The number of aldehydes is 1. The van der Waals surface area contributed by atoms with Gasteiger partial charge < -0.3 is 5.11 Å². The SMILES string of the molecule is N#Cc1ccc(-c2cc(N(C(=O)O)C3CC3)n3ncc(C=O)c3n2)s1. The molecule has 0 spiro atoms. The second kappa shape index (κ2) is 5.68. The van der Waals surface area contributed by atoms with E-state index in [1.165, 1.54) is 26.9 Å². The average molecular weight is 353 g/mol. The standard InChI is InChI=1S/C16H11N5O3S/c17-6-11-3-4-13(25-11)12-5-14(20(16(23)24)10-1-2-10)21-15(19-12)9(8-22)7-18-21/h3-5,7-8,10H,1-2H2,(H,23,24). The summed E-state index contributed by atoms with van der Waals surface area (Å²) in [6.45, 7) is 0. The molecule has 0 unspecified atom stereocenters. The van der Waals surface area contributed by atoms with Crippen LogP contribution in [0.25, 0.3) is 16.2 Å². The number of hydrogen-bond acceptors (Lipinski definition) is 6. The average Bonchev–Trinajstić information content (AvgIpc) is 3.16. The van der Waals surface area contributed by atoms with Crippen LogP contribution in [0.2, 0.25) is 0 Å². The fourth-order valence-corrected chi connectivity index (χ4v) is 3.42. The summed E-state index contributed by atoms with van der Waals surface area (Å²) in [4.78, 5) is 30.0. The Morgan fingerprint density at radius 2 is 2.28 bits per heavy atom. The number of carboxylic acid groups (broad SMARTS) is 1. The molecule has 3 aromatic heterocycles. The number of nitrogens with zero attached hydrogens (tertiary/aromatic N) is 5. The largest absolute Gasteiger partial charge is 0.465 e. The van der Waals surface area contributed by atoms with Crippen molar-refractivity contribution in [1.82, 2.24) is 14.6 Å². The Bertz CT molecular complexity index is 1040. The van der Waals surface area contributed by atoms with Gasteiger partial charge in [0.05, 0.1) is 22.3 Å². The quantitative estimate of drug-likeness (QED) is 0.722. The summed E-state index contributed by atoms with van der Waals surface area (Å²) in [7, 11) is 0. The number of anilines is 1. The summed E-state index contributed by atoms with van der Waals surface area (Å²) in [5.74, 6) is 0.343. The first-order valence-corrected chi connectivity index (χ1v) is 8.30. The maximum atomic E-state index is 11.8. The number of aromatic nitrogens is 3. The Kier molecular flexibility index (Phi) is 3.47. The van der Waals surface area contributed by atoms with Crippen LogP contribution in [0.15, 0.2) is 24.4 Å². The monoisotopic (exact) mass is 353 g/mol. The first-order chi connectivity index (χ1) is 12.1. The molecule has 3 aromatic rings. The van der Waals surface area contributed by atoms with E-state index in [4.69, 9.17) is 5.26 Å². The van der Waals surface area contributed by atoms with Gasteiger partial charge in [-0.2, -0.15) is 14.9 Å². The first-order valence-electron chi connectivity index (χ1n) is 7.49. The molecule has 0 bridgehead atoms. The number of carbonyl (C=O) groups excluding carboxylic acids is 1. The summed E-state index contributed by atoms with van der Waals surface area (Å²) in [6, 6.07) is 7.04. The summed E-state index contributed by atoms with van der Waals surface area (Å²) in [5, 5.41) is 22.8. The molecule has 0 saturated heterocycles. The van der Waals surface area contributed by atoms with Crippen molar-refractivity contribution in [3.63, 3.8) is 0 Å². The van der Waals surface area contributed by atoms with Crippen LogP contribution < -0.4 is 4.90 Å². The molecule has 9 heteroatoms. The van der Waals surface area contributed by atoms with E-state index in [1.807, 2.05) is 0 Å². The maximum Gasteiger partial charge on any atom is 0.413 e. The van der Waals surface area contributed by atoms with E-state index in [0.717, 1.165) is 17.7 Å². The summed E-state index contributed by atoms with van der Waals surface area (Å²) in [6.07, 6.45) is 2.49. The lowest BCUT2D eigenvalue weighted by Gasteiger charge is -2.20. The van der Waals surface area contributed by atoms with Crippen LogP contribution in [0.3, 0.4) is 0 Å². The lowest BCUT2D eigenvalue weighted by Crippen LogP contribution is -2.33. The van der Waals surface area contributed by atoms with Crippen molar-refractivity contribution >= 4 is 35.2 Å². The molecule has 0 aromatic carbocycles. The molecule has 1 amide bonds. The summed E-state index contributed by atoms with van der Waals surface area (Å²) >= 11 is 1.26. The lowest BCUT2D eigenvalue weighted by molar-refractivity contribution is 0.112. The van der Waals surface area contributed by atoms with Gasteiger partial charge in [-0.1, -0.05) is 0 Å². The molecular weight excluding hydrogens is 342 g/mol. The lowest BCUT2D eigenvalue weighted by atomic mass is 10.3. The van der Waals surface area contributed by atoms with Crippen LogP contribution in [0, 0.1) is 11.3 Å². The van der Waals surface area contributed by atoms with Gasteiger partial charge in [-0.05, 0) is 25.0 Å². The van der Waals surface area contributed by atoms with Crippen molar-refractivity contribution in [2.45, 2.75) is 18.9 Å². The normalized spacial score (nSPS) is 13.6. The molecular formula is C16H11N5O3S. The number of rotatable bonds is 4. The third kappa shape index (κ3) is 2.53. The van der Waals surface area contributed by atoms with Gasteiger partial charge in [-0.15, -0.1) is 11.3 Å². The number of hydrogen-bond donors (Lipinski definition) is 1. The minimum absolute atomic E-state index is 0.0992. The Morgan fingerprint density at radius 1 is 1.48 bits per heavy atom. The molecule has 124 valence electrons. The molecule has 3 heterocycles. The van der Waals surface area contributed by atoms with Gasteiger partial charge >= 0.3 is 6.09 Å². The summed E-state index contributed by atoms with van der Waals surface area (Å²) < 4.78 is 1.37. The van der Waals surface area contributed by atoms with Gasteiger partial charge in [-0.25, -0.2) is 9.78 Å². The highest BCUT2D eigenvalue weighted by atomic mass is 32.1. The Labute approximate surface area is 145 Å². The van der Waals surface area contributed by atoms with Gasteiger partial charge in [0.25, 0.3) is 0 Å². The van der Waals surface area contributed by atoms with Crippen LogP contribution in [0.1, 0.15) is 28.1 Å². The fraction of sp³-hybridized carbons (Fsp3) is 0.188. The molecule has 0 atom stereocenters. The number of thiophene rings is 1. The van der Waals surface area contributed by atoms with Crippen LogP contribution in [0.4, 0.5) is 10.6 Å². The fourth-order valence-electron chi connectivity index (χ4n) is 2.65. The minimum atomic E-state index is -1.08. The topological polar surface area (TPSA) is 112 Å². The predicted molar refractivity (Wildman–Crippen MR) is 89.9 cm³/mol. The van der Waals surface area contributed by atoms with E-state index in [-0.39, 0.29) is 11.6 Å². The molecule has 25 heavy (non-hydrogen) atoms. The smallest absolute Gasteiger partial charge is 0.413 e. The third-order valence-corrected chi connectivity index (χ3v) is 4.95. The predicted octanol–water partition coefficient (Wildman–Crippen LogP) is 2.79. The molecule has 1 N–H and O–H groups in total. The summed E-state index contributed by atoms with van der Waals surface area (Å²) in [5.41, 5.74) is 1.08. The zero-order chi connectivity index (χ0) is 17.6. The third-order valence-electron chi connectivity index (χ3n) is 3.94. The number of amides is 1. The van der Waals surface area contributed by atoms with Crippen molar-refractivity contribution in [3.8, 4) is 16.6 Å². The van der Waals surface area contributed by atoms with E-state index in [1.54, 1.807) is 18.2 Å². The molecule has 1 aliphatic carbocycles. The van der Waals surface area contributed by atoms with Crippen molar-refractivity contribution in [2.75, 3.05) is 4.90 Å². The number of fused-ring (bicyclic) bond motifs is 1. The highest BCUT2D eigenvalue weighted by Crippen LogP contribution is 2.35. The van der Waals surface area contributed by atoms with Crippen LogP contribution >= 0.6 is 11.3 Å². The zero-order valence-corrected chi connectivity index (χ0v) is 13.6. The molecule has 0 aliphatic heterocycles. The van der Waals surface area contributed by atoms with Crippen LogP contribution in [0.5, 0.6) is 0 Å². The Hall–Kier alpha value is -3.25. The van der Waals surface area contributed by atoms with Gasteiger partial charge in [-0.3, -0.25) is 9.69 Å². The maximum absolute atomic E-state index is 11.8. The van der Waals surface area contributed by atoms with Crippen molar-refractivity contribution in [1.29, 1.82) is 5.26 Å². The zero-order valence-electron chi connectivity index (χ0n) is 12.8. The van der Waals surface area contributed by atoms with Gasteiger partial charge in [0, 0.05) is 12.1 Å². The van der Waals surface area contributed by atoms with Gasteiger partial charge in [0.15, 0.2) is 11.9 Å². The van der Waals surface area contributed by atoms with Crippen molar-refractivity contribution in [2.24, 2.45) is 0 Å². The van der Waals surface area contributed by atoms with Crippen molar-refractivity contribution in [3.05, 3.63) is 34.8 Å². The van der Waals surface area contributed by atoms with E-state index in [9.17, 15) is 14.7 Å². The van der Waals surface area contributed by atoms with Crippen LogP contribution in [-0.2, 0) is 0 Å². The molecule has 4 rings (SSSR count). The Balaban J connectivity index is 1.97. The molecule has 0 radical (unpaired) electrons. The van der Waals surface area contributed by atoms with E-state index < -0.39 is 6.09 Å². The number of nitriles is 1. The first kappa shape index (κ1) is 15.3. The van der Waals surface area contributed by atoms with E-state index >= 15 is 0 Å². The minimum Gasteiger partial charge on any atom is -0.465 e. The van der Waals surface area contributed by atoms with E-state index in [0.29, 0.717) is 28.3 Å². The van der Waals surface area contributed by atoms with Crippen LogP contribution in [-0.4, -0.2) is 38.1 Å². The van der Waals surface area contributed by atoms with E-state index in [2.05, 4.69) is 16.2 Å².